The minimum atomic E-state index is 0.864. The number of hydrogen-bond acceptors (Lipinski definition) is 2. The average Bonchev–Trinajstić information content (AvgIpc) is 2.83. The number of aryl methyl sites for hydroxylation is 1. The van der Waals surface area contributed by atoms with E-state index in [0.29, 0.717) is 0 Å². The van der Waals surface area contributed by atoms with Crippen LogP contribution in [0.15, 0.2) is 18.5 Å². The van der Waals surface area contributed by atoms with Crippen LogP contribution in [0.3, 0.4) is 0 Å². The van der Waals surface area contributed by atoms with E-state index in [2.05, 4.69) is 47.3 Å². The predicted molar refractivity (Wildman–Crippen MR) is 69.3 cm³/mol. The first-order chi connectivity index (χ1) is 7.72. The third-order valence-electron chi connectivity index (χ3n) is 3.09. The Morgan fingerprint density at radius 2 is 1.94 bits per heavy atom. The van der Waals surface area contributed by atoms with Gasteiger partial charge in [0.25, 0.3) is 0 Å². The van der Waals surface area contributed by atoms with Gasteiger partial charge in [0.05, 0.1) is 5.69 Å². The molecule has 0 saturated carbocycles. The first kappa shape index (κ1) is 10.9. The van der Waals surface area contributed by atoms with Crippen molar-refractivity contribution >= 4 is 16.7 Å². The fraction of sp³-hybridized carbons (Fsp3) is 0.500. The fourth-order valence-corrected chi connectivity index (χ4v) is 2.22. The third kappa shape index (κ3) is 1.45. The Balaban J connectivity index is 2.61. The summed E-state index contributed by atoms with van der Waals surface area (Å²) in [5, 5.41) is 3.43. The van der Waals surface area contributed by atoms with Gasteiger partial charge in [0.1, 0.15) is 5.65 Å². The van der Waals surface area contributed by atoms with Crippen molar-refractivity contribution in [2.75, 3.05) is 23.8 Å². The summed E-state index contributed by atoms with van der Waals surface area (Å²) in [5.41, 5.74) is 8.06. The largest absolute Gasteiger partial charge is 0.397 e. The highest BCUT2D eigenvalue weighted by Gasteiger charge is 2.12. The molecule has 0 unspecified atom stereocenters. The van der Waals surface area contributed by atoms with Crippen molar-refractivity contribution in [3.05, 3.63) is 18.5 Å². The molecule has 16 heavy (non-hydrogen) atoms. The number of nitrogen functional groups attached to an aromatic ring is 1. The van der Waals surface area contributed by atoms with Gasteiger partial charge < -0.3 is 15.3 Å². The van der Waals surface area contributed by atoms with Gasteiger partial charge in [-0.05, 0) is 26.8 Å². The van der Waals surface area contributed by atoms with Crippen LogP contribution < -0.4 is 10.7 Å². The minimum Gasteiger partial charge on any atom is -0.397 e. The van der Waals surface area contributed by atoms with Crippen LogP contribution >= 0.6 is 0 Å². The highest BCUT2D eigenvalue weighted by molar-refractivity contribution is 5.90. The zero-order valence-electron chi connectivity index (χ0n) is 10.3. The molecule has 0 aromatic carbocycles. The molecule has 2 aromatic rings. The smallest absolute Gasteiger partial charge is 0.141 e. The number of aromatic nitrogens is 2. The lowest BCUT2D eigenvalue weighted by atomic mass is 10.4. The highest BCUT2D eigenvalue weighted by atomic mass is 15.6. The summed E-state index contributed by atoms with van der Waals surface area (Å²) in [6.07, 6.45) is 4.12. The predicted octanol–water partition coefficient (Wildman–Crippen LogP) is 2.02. The molecule has 0 fully saturated rings. The number of nitrogens with two attached hydrogens (primary N) is 1. The van der Waals surface area contributed by atoms with Crippen molar-refractivity contribution in [1.82, 2.24) is 9.24 Å². The van der Waals surface area contributed by atoms with Gasteiger partial charge in [-0.25, -0.2) is 4.68 Å². The number of hydrogen-bond donors (Lipinski definition) is 1. The van der Waals surface area contributed by atoms with Crippen molar-refractivity contribution in [2.24, 2.45) is 0 Å². The van der Waals surface area contributed by atoms with E-state index in [0.717, 1.165) is 30.7 Å². The Morgan fingerprint density at radius 1 is 1.25 bits per heavy atom. The maximum absolute atomic E-state index is 6.00. The molecule has 0 aliphatic carbocycles. The van der Waals surface area contributed by atoms with Crippen molar-refractivity contribution in [3.63, 3.8) is 0 Å². The summed E-state index contributed by atoms with van der Waals surface area (Å²) in [7, 11) is 0. The molecule has 0 radical (unpaired) electrons. The lowest BCUT2D eigenvalue weighted by molar-refractivity contribution is 0.619. The SMILES string of the molecule is CCN(CC)n1ccc2c(N)cn(CC)c21. The second-order valence-corrected chi connectivity index (χ2v) is 3.91. The van der Waals surface area contributed by atoms with Crippen molar-refractivity contribution in [2.45, 2.75) is 27.3 Å². The fourth-order valence-electron chi connectivity index (χ4n) is 2.22. The summed E-state index contributed by atoms with van der Waals surface area (Å²) in [6.45, 7) is 9.40. The molecular formula is C12H20N4. The molecule has 4 heteroatoms. The van der Waals surface area contributed by atoms with Crippen LogP contribution in [0.4, 0.5) is 5.69 Å². The standard InChI is InChI=1S/C12H20N4/c1-4-14-9-11(13)10-7-8-16(12(10)14)15(5-2)6-3/h7-9H,4-6,13H2,1-3H3. The van der Waals surface area contributed by atoms with Crippen LogP contribution in [0.5, 0.6) is 0 Å². The number of rotatable bonds is 4. The van der Waals surface area contributed by atoms with Gasteiger partial charge in [-0.3, -0.25) is 0 Å². The highest BCUT2D eigenvalue weighted by Crippen LogP contribution is 2.24. The quantitative estimate of drug-likeness (QED) is 0.856. The molecule has 2 heterocycles. The Morgan fingerprint density at radius 3 is 2.50 bits per heavy atom. The Labute approximate surface area is 96.2 Å². The monoisotopic (exact) mass is 220 g/mol. The Kier molecular flexibility index (Phi) is 2.81. The van der Waals surface area contributed by atoms with Crippen LogP contribution in [-0.4, -0.2) is 22.3 Å². The molecule has 0 bridgehead atoms. The molecule has 4 nitrogen and oxygen atoms in total. The van der Waals surface area contributed by atoms with Crippen LogP contribution in [0.2, 0.25) is 0 Å². The van der Waals surface area contributed by atoms with Gasteiger partial charge in [0, 0.05) is 37.4 Å². The van der Waals surface area contributed by atoms with E-state index in [1.165, 1.54) is 5.65 Å². The first-order valence-electron chi connectivity index (χ1n) is 5.93. The molecule has 0 aliphatic rings. The van der Waals surface area contributed by atoms with Crippen LogP contribution in [0.1, 0.15) is 20.8 Å². The summed E-state index contributed by atoms with van der Waals surface area (Å²) in [6, 6.07) is 2.09. The van der Waals surface area contributed by atoms with E-state index in [9.17, 15) is 0 Å². The zero-order chi connectivity index (χ0) is 11.7. The maximum atomic E-state index is 6.00. The Hall–Kier alpha value is -1.58. The van der Waals surface area contributed by atoms with Crippen molar-refractivity contribution in [1.29, 1.82) is 0 Å². The van der Waals surface area contributed by atoms with Crippen LogP contribution in [-0.2, 0) is 6.54 Å². The summed E-state index contributed by atoms with van der Waals surface area (Å²) in [4.78, 5) is 0. The second-order valence-electron chi connectivity index (χ2n) is 3.91. The van der Waals surface area contributed by atoms with Crippen molar-refractivity contribution in [3.8, 4) is 0 Å². The van der Waals surface area contributed by atoms with Gasteiger partial charge in [-0.2, -0.15) is 0 Å². The average molecular weight is 220 g/mol. The molecule has 0 amide bonds. The Bertz CT molecular complexity index is 476. The number of fused-ring (bicyclic) bond motifs is 1. The summed E-state index contributed by atoms with van der Waals surface area (Å²) < 4.78 is 4.40. The molecule has 2 aromatic heterocycles. The van der Waals surface area contributed by atoms with E-state index in [4.69, 9.17) is 5.73 Å². The summed E-state index contributed by atoms with van der Waals surface area (Å²) >= 11 is 0. The lowest BCUT2D eigenvalue weighted by Gasteiger charge is -2.23. The number of anilines is 1. The van der Waals surface area contributed by atoms with Gasteiger partial charge in [-0.1, -0.05) is 0 Å². The molecule has 0 saturated heterocycles. The second kappa shape index (κ2) is 4.12. The molecule has 0 atom stereocenters. The van der Waals surface area contributed by atoms with Crippen LogP contribution in [0, 0.1) is 0 Å². The molecule has 88 valence electrons. The summed E-state index contributed by atoms with van der Waals surface area (Å²) in [5.74, 6) is 0. The topological polar surface area (TPSA) is 39.1 Å². The van der Waals surface area contributed by atoms with E-state index in [-0.39, 0.29) is 0 Å². The normalized spacial score (nSPS) is 11.2. The van der Waals surface area contributed by atoms with E-state index in [1.807, 2.05) is 6.20 Å². The van der Waals surface area contributed by atoms with Crippen LogP contribution in [0.25, 0.3) is 11.0 Å². The zero-order valence-corrected chi connectivity index (χ0v) is 10.3. The van der Waals surface area contributed by atoms with E-state index in [1.54, 1.807) is 0 Å². The molecular weight excluding hydrogens is 200 g/mol. The minimum absolute atomic E-state index is 0.864. The van der Waals surface area contributed by atoms with Gasteiger partial charge in [-0.15, -0.1) is 0 Å². The van der Waals surface area contributed by atoms with Gasteiger partial charge >= 0.3 is 0 Å². The molecule has 2 N–H and O–H groups in total. The maximum Gasteiger partial charge on any atom is 0.141 e. The lowest BCUT2D eigenvalue weighted by Crippen LogP contribution is -2.33. The van der Waals surface area contributed by atoms with E-state index < -0.39 is 0 Å². The first-order valence-corrected chi connectivity index (χ1v) is 5.93. The van der Waals surface area contributed by atoms with E-state index >= 15 is 0 Å². The van der Waals surface area contributed by atoms with Gasteiger partial charge in [0.15, 0.2) is 0 Å². The molecule has 0 aliphatic heterocycles. The number of nitrogens with zero attached hydrogens (tertiary/aromatic N) is 3. The molecule has 2 rings (SSSR count). The third-order valence-corrected chi connectivity index (χ3v) is 3.09. The molecule has 0 spiro atoms. The van der Waals surface area contributed by atoms with Crippen molar-refractivity contribution < 1.29 is 0 Å². The van der Waals surface area contributed by atoms with Gasteiger partial charge in [0.2, 0.25) is 0 Å².